The molecule has 0 bridgehead atoms. The van der Waals surface area contributed by atoms with Gasteiger partial charge in [0.25, 0.3) is 5.69 Å². The number of rotatable bonds is 6. The van der Waals surface area contributed by atoms with Crippen LogP contribution in [0, 0.1) is 24.0 Å². The summed E-state index contributed by atoms with van der Waals surface area (Å²) in [5, 5.41) is 25.3. The van der Waals surface area contributed by atoms with E-state index < -0.39 is 10.2 Å². The van der Waals surface area contributed by atoms with Gasteiger partial charge in [-0.1, -0.05) is 30.0 Å². The number of nitro benzene ring substituents is 1. The topological polar surface area (TPSA) is 116 Å². The zero-order valence-electron chi connectivity index (χ0n) is 15.5. The number of hydrogen-bond acceptors (Lipinski definition) is 7. The first-order valence-corrected chi connectivity index (χ1v) is 9.31. The lowest BCUT2D eigenvalue weighted by molar-refractivity contribution is -0.383. The number of carbonyl (C=O) groups excluding carboxylic acids is 1. The number of nitrogens with zero attached hydrogens (tertiary/aromatic N) is 5. The first-order valence-electron chi connectivity index (χ1n) is 8.43. The summed E-state index contributed by atoms with van der Waals surface area (Å²) in [5.74, 6) is -0.381. The highest BCUT2D eigenvalue weighted by Gasteiger charge is 2.22. The predicted octanol–water partition coefficient (Wildman–Crippen LogP) is 3.31. The number of nitrogens with one attached hydrogen (secondary N) is 1. The molecule has 1 aromatic heterocycles. The van der Waals surface area contributed by atoms with Crippen LogP contribution in [0.2, 0.25) is 0 Å². The number of anilines is 1. The van der Waals surface area contributed by atoms with Crippen molar-refractivity contribution in [2.45, 2.75) is 31.2 Å². The maximum atomic E-state index is 12.5. The molecule has 1 amide bonds. The summed E-state index contributed by atoms with van der Waals surface area (Å²) >= 11 is 1.17. The van der Waals surface area contributed by atoms with Crippen LogP contribution in [0.25, 0.3) is 5.69 Å². The minimum absolute atomic E-state index is 0.152. The van der Waals surface area contributed by atoms with Crippen molar-refractivity contribution >= 4 is 29.0 Å². The van der Waals surface area contributed by atoms with Gasteiger partial charge in [0.05, 0.1) is 15.9 Å². The van der Waals surface area contributed by atoms with Crippen molar-refractivity contribution in [1.29, 1.82) is 0 Å². The Kier molecular flexibility index (Phi) is 5.69. The van der Waals surface area contributed by atoms with Crippen LogP contribution in [-0.2, 0) is 4.79 Å². The van der Waals surface area contributed by atoms with Crippen molar-refractivity contribution in [3.8, 4) is 5.69 Å². The Bertz CT molecular complexity index is 1040. The van der Waals surface area contributed by atoms with Crippen molar-refractivity contribution in [1.82, 2.24) is 20.2 Å². The lowest BCUT2D eigenvalue weighted by Crippen LogP contribution is -2.23. The number of nitro groups is 1. The van der Waals surface area contributed by atoms with Gasteiger partial charge >= 0.3 is 0 Å². The van der Waals surface area contributed by atoms with Crippen LogP contribution < -0.4 is 5.32 Å². The SMILES string of the molecule is Cc1ccc(-n2nnnc2S[C@H](C)C(=O)Nc2ccccc2[N+](=O)[O-])cc1C. The number of aromatic nitrogens is 4. The van der Waals surface area contributed by atoms with E-state index >= 15 is 0 Å². The molecule has 1 N–H and O–H groups in total. The van der Waals surface area contributed by atoms with Gasteiger partial charge in [0.1, 0.15) is 5.69 Å². The van der Waals surface area contributed by atoms with Crippen molar-refractivity contribution in [3.05, 3.63) is 63.7 Å². The molecule has 0 spiro atoms. The molecule has 0 fully saturated rings. The third kappa shape index (κ3) is 4.17. The second kappa shape index (κ2) is 8.17. The van der Waals surface area contributed by atoms with Gasteiger partial charge in [0, 0.05) is 6.07 Å². The number of hydrogen-bond donors (Lipinski definition) is 1. The van der Waals surface area contributed by atoms with Gasteiger partial charge in [-0.25, -0.2) is 0 Å². The van der Waals surface area contributed by atoms with E-state index in [1.165, 1.54) is 23.9 Å². The molecule has 28 heavy (non-hydrogen) atoms. The van der Waals surface area contributed by atoms with Gasteiger partial charge in [-0.2, -0.15) is 4.68 Å². The average Bonchev–Trinajstić information content (AvgIpc) is 3.12. The van der Waals surface area contributed by atoms with Gasteiger partial charge in [0.15, 0.2) is 0 Å². The minimum atomic E-state index is -0.573. The minimum Gasteiger partial charge on any atom is -0.319 e. The van der Waals surface area contributed by atoms with Crippen LogP contribution in [0.15, 0.2) is 47.6 Å². The van der Waals surface area contributed by atoms with Gasteiger partial charge in [0.2, 0.25) is 11.1 Å². The fraction of sp³-hybridized carbons (Fsp3) is 0.222. The Morgan fingerprint density at radius 3 is 2.68 bits per heavy atom. The molecular formula is C18H18N6O3S. The van der Waals surface area contributed by atoms with Gasteiger partial charge in [-0.05, 0) is 60.5 Å². The normalized spacial score (nSPS) is 11.8. The molecule has 0 saturated carbocycles. The van der Waals surface area contributed by atoms with Crippen LogP contribution in [-0.4, -0.2) is 36.3 Å². The smallest absolute Gasteiger partial charge is 0.292 e. The summed E-state index contributed by atoms with van der Waals surface area (Å²) in [6, 6.07) is 11.9. The average molecular weight is 398 g/mol. The lowest BCUT2D eigenvalue weighted by atomic mass is 10.1. The van der Waals surface area contributed by atoms with E-state index in [4.69, 9.17) is 0 Å². The van der Waals surface area contributed by atoms with Crippen LogP contribution in [0.3, 0.4) is 0 Å². The summed E-state index contributed by atoms with van der Waals surface area (Å²) in [4.78, 5) is 23.1. The van der Waals surface area contributed by atoms with Crippen LogP contribution in [0.4, 0.5) is 11.4 Å². The van der Waals surface area contributed by atoms with Gasteiger partial charge in [-0.3, -0.25) is 14.9 Å². The largest absolute Gasteiger partial charge is 0.319 e. The number of benzene rings is 2. The number of thioether (sulfide) groups is 1. The number of aryl methyl sites for hydroxylation is 2. The summed E-state index contributed by atoms with van der Waals surface area (Å²) < 4.78 is 1.56. The second-order valence-corrected chi connectivity index (χ2v) is 7.47. The highest BCUT2D eigenvalue weighted by atomic mass is 32.2. The van der Waals surface area contributed by atoms with E-state index in [0.29, 0.717) is 5.16 Å². The molecule has 0 aliphatic carbocycles. The quantitative estimate of drug-likeness (QED) is 0.385. The lowest BCUT2D eigenvalue weighted by Gasteiger charge is -2.12. The third-order valence-electron chi connectivity index (χ3n) is 4.19. The zero-order valence-corrected chi connectivity index (χ0v) is 16.3. The van der Waals surface area contributed by atoms with Crippen molar-refractivity contribution in [2.75, 3.05) is 5.32 Å². The molecule has 3 aromatic rings. The van der Waals surface area contributed by atoms with Crippen LogP contribution in [0.1, 0.15) is 18.1 Å². The van der Waals surface area contributed by atoms with Crippen molar-refractivity contribution in [3.63, 3.8) is 0 Å². The second-order valence-electron chi connectivity index (χ2n) is 6.17. The Morgan fingerprint density at radius 2 is 1.96 bits per heavy atom. The van der Waals surface area contributed by atoms with Crippen molar-refractivity contribution in [2.24, 2.45) is 0 Å². The molecule has 9 nitrogen and oxygen atoms in total. The van der Waals surface area contributed by atoms with E-state index in [2.05, 4.69) is 20.8 Å². The molecule has 144 valence electrons. The van der Waals surface area contributed by atoms with Gasteiger partial charge < -0.3 is 5.32 Å². The maximum Gasteiger partial charge on any atom is 0.292 e. The Labute approximate surface area is 165 Å². The molecule has 3 rings (SSSR count). The molecule has 1 heterocycles. The molecule has 10 heteroatoms. The van der Waals surface area contributed by atoms with E-state index in [9.17, 15) is 14.9 Å². The number of para-hydroxylation sites is 2. The molecule has 0 saturated heterocycles. The molecule has 0 aliphatic rings. The summed E-state index contributed by atoms with van der Waals surface area (Å²) in [7, 11) is 0. The van der Waals surface area contributed by atoms with E-state index in [-0.39, 0.29) is 17.3 Å². The zero-order chi connectivity index (χ0) is 20.3. The molecular weight excluding hydrogens is 380 g/mol. The van der Waals surface area contributed by atoms with E-state index in [1.807, 2.05) is 32.0 Å². The first-order chi connectivity index (χ1) is 13.4. The van der Waals surface area contributed by atoms with Crippen LogP contribution in [0.5, 0.6) is 0 Å². The molecule has 0 unspecified atom stereocenters. The van der Waals surface area contributed by atoms with E-state index in [0.717, 1.165) is 16.8 Å². The number of amides is 1. The maximum absolute atomic E-state index is 12.5. The Balaban J connectivity index is 1.76. The number of tetrazole rings is 1. The fourth-order valence-electron chi connectivity index (χ4n) is 2.46. The van der Waals surface area contributed by atoms with E-state index in [1.54, 1.807) is 23.7 Å². The summed E-state index contributed by atoms with van der Waals surface area (Å²) in [5.41, 5.74) is 3.04. The first kappa shape index (κ1) is 19.5. The molecule has 0 radical (unpaired) electrons. The third-order valence-corrected chi connectivity index (χ3v) is 5.22. The number of carbonyl (C=O) groups is 1. The highest BCUT2D eigenvalue weighted by molar-refractivity contribution is 8.00. The monoisotopic (exact) mass is 398 g/mol. The summed E-state index contributed by atoms with van der Waals surface area (Å²) in [6.45, 7) is 5.70. The molecule has 0 aliphatic heterocycles. The standard InChI is InChI=1S/C18H18N6O3S/c1-11-8-9-14(10-12(11)2)23-18(20-21-22-23)28-13(3)17(25)19-15-6-4-5-7-16(15)24(26)27/h4-10,13H,1-3H3,(H,19,25)/t13-/m1/s1. The molecule has 2 aromatic carbocycles. The predicted molar refractivity (Wildman–Crippen MR) is 106 cm³/mol. The fourth-order valence-corrected chi connectivity index (χ4v) is 3.26. The highest BCUT2D eigenvalue weighted by Crippen LogP contribution is 2.27. The summed E-state index contributed by atoms with van der Waals surface area (Å²) in [6.07, 6.45) is 0. The molecule has 1 atom stereocenters. The van der Waals surface area contributed by atoms with Gasteiger partial charge in [-0.15, -0.1) is 5.10 Å². The van der Waals surface area contributed by atoms with Crippen molar-refractivity contribution < 1.29 is 9.72 Å². The Hall–Kier alpha value is -3.27. The van der Waals surface area contributed by atoms with Crippen LogP contribution >= 0.6 is 11.8 Å². The Morgan fingerprint density at radius 1 is 1.21 bits per heavy atom.